The maximum absolute atomic E-state index is 12.5. The molecule has 0 aliphatic carbocycles. The normalized spacial score (nSPS) is 13.9. The number of aliphatic carboxylic acids is 1. The molecule has 0 spiro atoms. The van der Waals surface area contributed by atoms with Crippen molar-refractivity contribution >= 4 is 11.9 Å². The number of benzene rings is 2. The Kier molecular flexibility index (Phi) is 6.71. The van der Waals surface area contributed by atoms with Crippen LogP contribution in [0.2, 0.25) is 0 Å². The maximum Gasteiger partial charge on any atom is 0.311 e. The Bertz CT molecular complexity index is 1090. The maximum atomic E-state index is 12.5. The summed E-state index contributed by atoms with van der Waals surface area (Å²) in [5.74, 6) is -1.68. The molecule has 3 aromatic rings. The molecule has 1 heterocycles. The van der Waals surface area contributed by atoms with Crippen LogP contribution in [0.15, 0.2) is 65.5 Å². The van der Waals surface area contributed by atoms with Gasteiger partial charge in [-0.15, -0.1) is 0 Å². The average Bonchev–Trinajstić information content (AvgIpc) is 3.21. The lowest BCUT2D eigenvalue weighted by atomic mass is 9.82. The number of H-pyrrole nitrogens is 2. The van der Waals surface area contributed by atoms with Crippen molar-refractivity contribution in [3.05, 3.63) is 82.3 Å². The first-order valence-electron chi connectivity index (χ1n) is 9.88. The van der Waals surface area contributed by atoms with Gasteiger partial charge in [0.1, 0.15) is 5.69 Å². The highest BCUT2D eigenvalue weighted by Crippen LogP contribution is 2.26. The minimum atomic E-state index is -1.42. The molecule has 2 unspecified atom stereocenters. The number of hydrogen-bond donors (Lipinski definition) is 5. The van der Waals surface area contributed by atoms with Crippen LogP contribution in [0.25, 0.3) is 11.1 Å². The third-order valence-corrected chi connectivity index (χ3v) is 5.28. The Labute approximate surface area is 178 Å². The first-order chi connectivity index (χ1) is 14.8. The summed E-state index contributed by atoms with van der Waals surface area (Å²) in [6, 6.07) is 18.2. The lowest BCUT2D eigenvalue weighted by Crippen LogP contribution is -2.44. The topological polar surface area (TPSA) is 135 Å². The molecule has 0 radical (unpaired) electrons. The number of aromatic amines is 2. The quantitative estimate of drug-likeness (QED) is 0.359. The van der Waals surface area contributed by atoms with E-state index in [1.54, 1.807) is 0 Å². The number of aliphatic hydroxyl groups is 1. The third kappa shape index (κ3) is 5.49. The second-order valence-corrected chi connectivity index (χ2v) is 7.84. The molecule has 0 saturated heterocycles. The summed E-state index contributed by atoms with van der Waals surface area (Å²) in [5.41, 5.74) is 1.21. The van der Waals surface area contributed by atoms with E-state index in [9.17, 15) is 24.6 Å². The molecule has 2 aromatic carbocycles. The van der Waals surface area contributed by atoms with Gasteiger partial charge in [0.25, 0.3) is 11.5 Å². The van der Waals surface area contributed by atoms with E-state index in [2.05, 4.69) is 15.5 Å². The largest absolute Gasteiger partial charge is 0.481 e. The number of aromatic nitrogens is 2. The standard InChI is InChI=1S/C23H25N3O5/c1-23(14-27,22(30)31)13-18(24-21(29)19-12-20(28)26-25-19)11-15-7-9-17(10-8-15)16-5-3-2-4-6-16/h2-10,12,18,27H,11,13-14H2,1H3,(H,24,29)(H,30,31)(H2,25,26,28). The Morgan fingerprint density at radius 2 is 1.68 bits per heavy atom. The zero-order valence-electron chi connectivity index (χ0n) is 17.1. The van der Waals surface area contributed by atoms with Gasteiger partial charge in [0, 0.05) is 12.1 Å². The van der Waals surface area contributed by atoms with E-state index in [0.29, 0.717) is 6.42 Å². The molecule has 5 N–H and O–H groups in total. The summed E-state index contributed by atoms with van der Waals surface area (Å²) in [6.07, 6.45) is 0.373. The number of carboxylic acid groups (broad SMARTS) is 1. The highest BCUT2D eigenvalue weighted by Gasteiger charge is 2.36. The molecule has 0 fully saturated rings. The van der Waals surface area contributed by atoms with Crippen LogP contribution in [0.3, 0.4) is 0 Å². The van der Waals surface area contributed by atoms with Gasteiger partial charge in [-0.2, -0.15) is 0 Å². The van der Waals surface area contributed by atoms with Crippen molar-refractivity contribution in [2.24, 2.45) is 5.41 Å². The number of carbonyl (C=O) groups is 2. The summed E-state index contributed by atoms with van der Waals surface area (Å²) in [4.78, 5) is 35.5. The molecule has 3 rings (SSSR count). The first-order valence-corrected chi connectivity index (χ1v) is 9.88. The molecular formula is C23H25N3O5. The zero-order valence-corrected chi connectivity index (χ0v) is 17.1. The van der Waals surface area contributed by atoms with Crippen molar-refractivity contribution in [2.45, 2.75) is 25.8 Å². The van der Waals surface area contributed by atoms with Crippen LogP contribution in [0.4, 0.5) is 0 Å². The van der Waals surface area contributed by atoms with Crippen LogP contribution < -0.4 is 10.9 Å². The highest BCUT2D eigenvalue weighted by molar-refractivity contribution is 5.92. The van der Waals surface area contributed by atoms with Gasteiger partial charge in [0.2, 0.25) is 0 Å². The van der Waals surface area contributed by atoms with Gasteiger partial charge >= 0.3 is 5.97 Å². The predicted octanol–water partition coefficient (Wildman–Crippen LogP) is 2.18. The lowest BCUT2D eigenvalue weighted by Gasteiger charge is -2.28. The average molecular weight is 423 g/mol. The molecule has 0 aliphatic heterocycles. The van der Waals surface area contributed by atoms with Gasteiger partial charge in [-0.05, 0) is 36.5 Å². The molecule has 0 saturated carbocycles. The number of hydrogen-bond acceptors (Lipinski definition) is 4. The van der Waals surface area contributed by atoms with E-state index in [1.165, 1.54) is 6.92 Å². The van der Waals surface area contributed by atoms with E-state index in [0.717, 1.165) is 22.8 Å². The second kappa shape index (κ2) is 9.44. The second-order valence-electron chi connectivity index (χ2n) is 7.84. The van der Waals surface area contributed by atoms with Gasteiger partial charge in [-0.25, -0.2) is 0 Å². The molecule has 1 amide bonds. The van der Waals surface area contributed by atoms with E-state index in [-0.39, 0.29) is 12.1 Å². The summed E-state index contributed by atoms with van der Waals surface area (Å²) in [7, 11) is 0. The van der Waals surface area contributed by atoms with Crippen LogP contribution in [-0.2, 0) is 11.2 Å². The van der Waals surface area contributed by atoms with Crippen molar-refractivity contribution in [1.29, 1.82) is 0 Å². The third-order valence-electron chi connectivity index (χ3n) is 5.28. The van der Waals surface area contributed by atoms with Crippen LogP contribution in [0, 0.1) is 5.41 Å². The van der Waals surface area contributed by atoms with Gasteiger partial charge < -0.3 is 15.5 Å². The number of carboxylic acids is 1. The fourth-order valence-corrected chi connectivity index (χ4v) is 3.40. The van der Waals surface area contributed by atoms with E-state index in [4.69, 9.17) is 0 Å². The predicted molar refractivity (Wildman–Crippen MR) is 116 cm³/mol. The number of aliphatic hydroxyl groups excluding tert-OH is 1. The minimum absolute atomic E-state index is 0.0136. The van der Waals surface area contributed by atoms with Crippen LogP contribution in [0.5, 0.6) is 0 Å². The summed E-state index contributed by atoms with van der Waals surface area (Å²) >= 11 is 0. The molecule has 31 heavy (non-hydrogen) atoms. The van der Waals surface area contributed by atoms with Gasteiger partial charge in [-0.1, -0.05) is 54.6 Å². The molecule has 0 aliphatic rings. The zero-order chi connectivity index (χ0) is 22.4. The SMILES string of the molecule is CC(CO)(CC(Cc1ccc(-c2ccccc2)cc1)NC(=O)c1cc(=O)[nH][nH]1)C(=O)O. The molecule has 162 valence electrons. The van der Waals surface area contributed by atoms with Crippen molar-refractivity contribution in [3.63, 3.8) is 0 Å². The molecule has 0 bridgehead atoms. The fraction of sp³-hybridized carbons (Fsp3) is 0.261. The Morgan fingerprint density at radius 3 is 2.23 bits per heavy atom. The van der Waals surface area contributed by atoms with Gasteiger partial charge in [0.05, 0.1) is 12.0 Å². The van der Waals surface area contributed by atoms with Crippen molar-refractivity contribution in [1.82, 2.24) is 15.5 Å². The van der Waals surface area contributed by atoms with Crippen molar-refractivity contribution in [3.8, 4) is 11.1 Å². The number of carbonyl (C=O) groups excluding carboxylic acids is 1. The lowest BCUT2D eigenvalue weighted by molar-refractivity contribution is -0.151. The van der Waals surface area contributed by atoms with Gasteiger partial charge in [0.15, 0.2) is 0 Å². The van der Waals surface area contributed by atoms with Crippen LogP contribution >= 0.6 is 0 Å². The number of amides is 1. The van der Waals surface area contributed by atoms with Crippen molar-refractivity contribution < 1.29 is 19.8 Å². The first kappa shape index (κ1) is 22.0. The molecule has 2 atom stereocenters. The Balaban J connectivity index is 1.80. The van der Waals surface area contributed by atoms with E-state index >= 15 is 0 Å². The van der Waals surface area contributed by atoms with Crippen LogP contribution in [-0.4, -0.2) is 44.9 Å². The summed E-state index contributed by atoms with van der Waals surface area (Å²) < 4.78 is 0. The fourth-order valence-electron chi connectivity index (χ4n) is 3.40. The van der Waals surface area contributed by atoms with E-state index < -0.39 is 35.5 Å². The number of nitrogens with one attached hydrogen (secondary N) is 3. The van der Waals surface area contributed by atoms with E-state index in [1.807, 2.05) is 54.6 Å². The van der Waals surface area contributed by atoms with Gasteiger partial charge in [-0.3, -0.25) is 24.6 Å². The van der Waals surface area contributed by atoms with Crippen molar-refractivity contribution in [2.75, 3.05) is 6.61 Å². The Hall–Kier alpha value is -3.65. The molecule has 1 aromatic heterocycles. The number of rotatable bonds is 9. The monoisotopic (exact) mass is 423 g/mol. The highest BCUT2D eigenvalue weighted by atomic mass is 16.4. The summed E-state index contributed by atoms with van der Waals surface area (Å²) in [5, 5.41) is 26.7. The smallest absolute Gasteiger partial charge is 0.311 e. The molecular weight excluding hydrogens is 398 g/mol. The molecule has 8 heteroatoms. The van der Waals surface area contributed by atoms with Crippen LogP contribution in [0.1, 0.15) is 29.4 Å². The Morgan fingerprint density at radius 1 is 1.03 bits per heavy atom. The minimum Gasteiger partial charge on any atom is -0.481 e. The summed E-state index contributed by atoms with van der Waals surface area (Å²) in [6.45, 7) is 0.869. The molecule has 8 nitrogen and oxygen atoms in total.